The maximum absolute atomic E-state index is 10.2. The number of allylic oxidation sites excluding steroid dienone is 1. The fraction of sp³-hybridized carbons (Fsp3) is 0. The number of carbonyl (C=O) groups is 1. The van der Waals surface area contributed by atoms with Crippen LogP contribution >= 0.6 is 0 Å². The number of nitriles is 1. The van der Waals surface area contributed by atoms with Gasteiger partial charge in [-0.15, -0.1) is 0 Å². The van der Waals surface area contributed by atoms with Gasteiger partial charge in [0, 0.05) is 0 Å². The van der Waals surface area contributed by atoms with Crippen LogP contribution in [0.25, 0.3) is 5.57 Å². The largest absolute Gasteiger partial charge is 1.00 e. The molecule has 0 radical (unpaired) electrons. The fourth-order valence-electron chi connectivity index (χ4n) is 0.916. The van der Waals surface area contributed by atoms with E-state index in [1.807, 2.05) is 0 Å². The molecule has 0 amide bonds. The average molecular weight is 211 g/mol. The van der Waals surface area contributed by atoms with Gasteiger partial charge in [0.05, 0.1) is 17.6 Å². The Bertz CT molecular complexity index is 379. The molecule has 3 nitrogen and oxygen atoms in total. The number of hydrogen-bond donors (Lipinski definition) is 0. The minimum absolute atomic E-state index is 0. The number of benzene rings is 1. The summed E-state index contributed by atoms with van der Waals surface area (Å²) in [6.07, 6.45) is 0.787. The molecule has 0 saturated carbocycles. The van der Waals surface area contributed by atoms with Crippen molar-refractivity contribution in [1.82, 2.24) is 0 Å². The monoisotopic (exact) mass is 211 g/mol. The molecule has 1 aromatic carbocycles. The van der Waals surface area contributed by atoms with Gasteiger partial charge in [0.1, 0.15) is 0 Å². The van der Waals surface area contributed by atoms with Crippen LogP contribution in [0, 0.1) is 11.3 Å². The van der Waals surface area contributed by atoms with Crippen molar-refractivity contribution in [3.63, 3.8) is 0 Å². The van der Waals surface area contributed by atoms with Gasteiger partial charge in [-0.3, -0.25) is 0 Å². The van der Waals surface area contributed by atoms with Gasteiger partial charge in [0.2, 0.25) is 0 Å². The van der Waals surface area contributed by atoms with E-state index in [2.05, 4.69) is 0 Å². The molecule has 0 bridgehead atoms. The van der Waals surface area contributed by atoms with Crippen LogP contribution in [0.4, 0.5) is 0 Å². The number of carbonyl (C=O) groups excluding carboxylic acids is 1. The van der Waals surface area contributed by atoms with E-state index in [0.29, 0.717) is 5.56 Å². The number of rotatable bonds is 2. The van der Waals surface area contributed by atoms with Gasteiger partial charge in [0.15, 0.2) is 0 Å². The molecular weight excluding hydrogens is 205 g/mol. The van der Waals surface area contributed by atoms with Crippen molar-refractivity contribution in [2.45, 2.75) is 0 Å². The predicted molar refractivity (Wildman–Crippen MR) is 45.0 cm³/mol. The Hall–Kier alpha value is -0.444. The Kier molecular flexibility index (Phi) is 6.71. The molecule has 4 heteroatoms. The zero-order chi connectivity index (χ0) is 9.68. The molecule has 0 aromatic heterocycles. The van der Waals surface area contributed by atoms with Crippen LogP contribution in [-0.2, 0) is 4.79 Å². The second-order valence-corrected chi connectivity index (χ2v) is 2.35. The van der Waals surface area contributed by atoms with Crippen LogP contribution in [0.2, 0.25) is 0 Å². The summed E-state index contributed by atoms with van der Waals surface area (Å²) >= 11 is 0. The summed E-state index contributed by atoms with van der Waals surface area (Å²) in [6, 6.07) is 10.4. The number of carboxylic acids is 1. The summed E-state index contributed by atoms with van der Waals surface area (Å²) in [7, 11) is 0. The number of hydrogen-bond acceptors (Lipinski definition) is 3. The Balaban J connectivity index is 0.00000169. The van der Waals surface area contributed by atoms with Crippen LogP contribution < -0.4 is 56.5 Å². The van der Waals surface area contributed by atoms with Crippen LogP contribution in [0.5, 0.6) is 0 Å². The van der Waals surface area contributed by atoms with Gasteiger partial charge in [0.25, 0.3) is 0 Å². The Morgan fingerprint density at radius 2 is 1.93 bits per heavy atom. The minimum Gasteiger partial charge on any atom is -0.545 e. The minimum atomic E-state index is -1.36. The van der Waals surface area contributed by atoms with Gasteiger partial charge >= 0.3 is 51.4 Å². The van der Waals surface area contributed by atoms with E-state index in [9.17, 15) is 9.90 Å². The van der Waals surface area contributed by atoms with Gasteiger partial charge in [-0.05, 0) is 11.6 Å². The molecule has 0 fully saturated rings. The predicted octanol–water partition coefficient (Wildman–Crippen LogP) is -2.65. The first-order valence-electron chi connectivity index (χ1n) is 3.62. The van der Waals surface area contributed by atoms with Gasteiger partial charge in [-0.1, -0.05) is 30.3 Å². The third-order valence-electron chi connectivity index (χ3n) is 1.47. The van der Waals surface area contributed by atoms with Crippen LogP contribution in [0.3, 0.4) is 0 Å². The molecule has 0 heterocycles. The summed E-state index contributed by atoms with van der Waals surface area (Å²) in [5.74, 6) is -1.36. The molecule has 0 aliphatic rings. The molecule has 14 heavy (non-hydrogen) atoms. The molecule has 1 aromatic rings. The molecule has 0 saturated heterocycles. The fourth-order valence-corrected chi connectivity index (χ4v) is 0.916. The number of carboxylic acid groups (broad SMARTS) is 1. The molecular formula is C10H6KNO2. The number of nitrogens with zero attached hydrogens (tertiary/aromatic N) is 1. The quantitative estimate of drug-likeness (QED) is 0.305. The maximum Gasteiger partial charge on any atom is 1.00 e. The van der Waals surface area contributed by atoms with Crippen molar-refractivity contribution in [3.05, 3.63) is 42.0 Å². The first kappa shape index (κ1) is 13.6. The smallest absolute Gasteiger partial charge is 0.545 e. The Morgan fingerprint density at radius 1 is 1.36 bits per heavy atom. The first-order chi connectivity index (χ1) is 6.24. The second kappa shape index (κ2) is 6.93. The van der Waals surface area contributed by atoms with E-state index >= 15 is 0 Å². The van der Waals surface area contributed by atoms with Crippen molar-refractivity contribution in [1.29, 1.82) is 5.26 Å². The maximum atomic E-state index is 10.2. The molecule has 0 N–H and O–H groups in total. The molecule has 0 aliphatic heterocycles. The second-order valence-electron chi connectivity index (χ2n) is 2.35. The van der Waals surface area contributed by atoms with Crippen molar-refractivity contribution >= 4 is 11.5 Å². The molecule has 1 rings (SSSR count). The van der Waals surface area contributed by atoms with Gasteiger partial charge in [-0.2, -0.15) is 5.26 Å². The third kappa shape index (κ3) is 4.18. The molecule has 64 valence electrons. The summed E-state index contributed by atoms with van der Waals surface area (Å²) in [5, 5.41) is 18.8. The van der Waals surface area contributed by atoms with Crippen molar-refractivity contribution in [2.75, 3.05) is 0 Å². The van der Waals surface area contributed by atoms with E-state index in [1.54, 1.807) is 36.4 Å². The molecule has 0 unspecified atom stereocenters. The zero-order valence-electron chi connectivity index (χ0n) is 7.73. The van der Waals surface area contributed by atoms with Crippen LogP contribution in [0.1, 0.15) is 5.56 Å². The number of aliphatic carboxylic acids is 1. The van der Waals surface area contributed by atoms with Crippen LogP contribution in [0.15, 0.2) is 36.4 Å². The summed E-state index contributed by atoms with van der Waals surface area (Å²) in [5.41, 5.74) is 0.676. The molecule has 0 atom stereocenters. The normalized spacial score (nSPS) is 9.79. The summed E-state index contributed by atoms with van der Waals surface area (Å²) in [4.78, 5) is 10.2. The van der Waals surface area contributed by atoms with E-state index in [-0.39, 0.29) is 57.0 Å². The van der Waals surface area contributed by atoms with Crippen molar-refractivity contribution in [2.24, 2.45) is 0 Å². The van der Waals surface area contributed by atoms with Crippen molar-refractivity contribution < 1.29 is 61.3 Å². The Labute approximate surface area is 124 Å². The van der Waals surface area contributed by atoms with E-state index in [4.69, 9.17) is 5.26 Å². The Morgan fingerprint density at radius 3 is 2.36 bits per heavy atom. The van der Waals surface area contributed by atoms with Gasteiger partial charge in [-0.25, -0.2) is 0 Å². The molecule has 0 spiro atoms. The van der Waals surface area contributed by atoms with Crippen molar-refractivity contribution in [3.8, 4) is 6.07 Å². The average Bonchev–Trinajstić information content (AvgIpc) is 2.15. The third-order valence-corrected chi connectivity index (χ3v) is 1.47. The summed E-state index contributed by atoms with van der Waals surface area (Å²) in [6.45, 7) is 0. The topological polar surface area (TPSA) is 63.9 Å². The first-order valence-corrected chi connectivity index (χ1v) is 3.62. The van der Waals surface area contributed by atoms with E-state index < -0.39 is 5.97 Å². The SMILES string of the molecule is N#C/C(=C/C(=O)[O-])c1ccccc1.[K+]. The van der Waals surface area contributed by atoms with Gasteiger partial charge < -0.3 is 9.90 Å². The zero-order valence-corrected chi connectivity index (χ0v) is 10.9. The van der Waals surface area contributed by atoms with E-state index in [0.717, 1.165) is 6.08 Å². The molecule has 0 aliphatic carbocycles. The summed E-state index contributed by atoms with van der Waals surface area (Å²) < 4.78 is 0. The standard InChI is InChI=1S/C10H7NO2.K/c11-7-9(6-10(12)13)8-4-2-1-3-5-8;/h1-6H,(H,12,13);/q;+1/p-1/b9-6-;. The van der Waals surface area contributed by atoms with E-state index in [1.165, 1.54) is 0 Å². The van der Waals surface area contributed by atoms with Crippen LogP contribution in [-0.4, -0.2) is 5.97 Å².